The van der Waals surface area contributed by atoms with E-state index in [0.717, 1.165) is 15.6 Å². The monoisotopic (exact) mass is 354 g/mol. The van der Waals surface area contributed by atoms with Gasteiger partial charge in [-0.1, -0.05) is 28.1 Å². The van der Waals surface area contributed by atoms with Gasteiger partial charge >= 0.3 is 0 Å². The van der Waals surface area contributed by atoms with E-state index in [9.17, 15) is 8.42 Å². The van der Waals surface area contributed by atoms with E-state index in [0.29, 0.717) is 5.69 Å². The standard InChI is InChI=1S/C14H15BrN2O2S/c1-9-6-7-14(12(16)8-9)20(18,19)17-13-5-3-4-11(15)10(13)2/h3-8,17H,16H2,1-2H3. The summed E-state index contributed by atoms with van der Waals surface area (Å²) in [6, 6.07) is 10.2. The molecule has 0 spiro atoms. The maximum absolute atomic E-state index is 12.4. The van der Waals surface area contributed by atoms with Gasteiger partial charge in [-0.15, -0.1) is 0 Å². The molecule has 0 bridgehead atoms. The number of anilines is 2. The molecule has 4 nitrogen and oxygen atoms in total. The number of benzene rings is 2. The van der Waals surface area contributed by atoms with Crippen molar-refractivity contribution >= 4 is 37.3 Å². The molecule has 0 aliphatic rings. The Morgan fingerprint density at radius 2 is 1.85 bits per heavy atom. The van der Waals surface area contributed by atoms with Gasteiger partial charge in [0.2, 0.25) is 0 Å². The second kappa shape index (κ2) is 5.46. The van der Waals surface area contributed by atoms with Gasteiger partial charge in [0.05, 0.1) is 11.4 Å². The molecule has 0 saturated heterocycles. The summed E-state index contributed by atoms with van der Waals surface area (Å²) in [4.78, 5) is 0.0856. The topological polar surface area (TPSA) is 72.2 Å². The van der Waals surface area contributed by atoms with Gasteiger partial charge in [0.1, 0.15) is 4.90 Å². The van der Waals surface area contributed by atoms with Gasteiger partial charge in [-0.05, 0) is 49.2 Å². The zero-order chi connectivity index (χ0) is 14.9. The van der Waals surface area contributed by atoms with E-state index in [1.54, 1.807) is 24.3 Å². The SMILES string of the molecule is Cc1ccc(S(=O)(=O)Nc2cccc(Br)c2C)c(N)c1. The van der Waals surface area contributed by atoms with Crippen LogP contribution in [0.15, 0.2) is 45.8 Å². The molecule has 0 heterocycles. The highest BCUT2D eigenvalue weighted by Gasteiger charge is 2.18. The Kier molecular flexibility index (Phi) is 4.06. The Morgan fingerprint density at radius 1 is 1.15 bits per heavy atom. The first-order valence-electron chi connectivity index (χ1n) is 5.95. The zero-order valence-electron chi connectivity index (χ0n) is 11.1. The Hall–Kier alpha value is -1.53. The maximum atomic E-state index is 12.4. The van der Waals surface area contributed by atoms with Gasteiger partial charge in [0, 0.05) is 4.47 Å². The van der Waals surface area contributed by atoms with Gasteiger partial charge in [-0.3, -0.25) is 4.72 Å². The lowest BCUT2D eigenvalue weighted by Gasteiger charge is -2.13. The summed E-state index contributed by atoms with van der Waals surface area (Å²) in [7, 11) is -3.70. The highest BCUT2D eigenvalue weighted by atomic mass is 79.9. The van der Waals surface area contributed by atoms with Crippen LogP contribution in [0.1, 0.15) is 11.1 Å². The third-order valence-corrected chi connectivity index (χ3v) is 5.27. The van der Waals surface area contributed by atoms with Crippen LogP contribution in [0.2, 0.25) is 0 Å². The van der Waals surface area contributed by atoms with Crippen LogP contribution in [-0.2, 0) is 10.0 Å². The molecular formula is C14H15BrN2O2S. The Bertz CT molecular complexity index is 758. The molecule has 0 radical (unpaired) electrons. The summed E-state index contributed by atoms with van der Waals surface area (Å²) < 4.78 is 28.2. The third kappa shape index (κ3) is 2.96. The van der Waals surface area contributed by atoms with Gasteiger partial charge in [-0.25, -0.2) is 8.42 Å². The van der Waals surface area contributed by atoms with Crippen molar-refractivity contribution in [3.63, 3.8) is 0 Å². The molecule has 0 aliphatic heterocycles. The zero-order valence-corrected chi connectivity index (χ0v) is 13.5. The van der Waals surface area contributed by atoms with Crippen molar-refractivity contribution in [1.82, 2.24) is 0 Å². The van der Waals surface area contributed by atoms with Crippen molar-refractivity contribution in [1.29, 1.82) is 0 Å². The first kappa shape index (κ1) is 14.9. The average molecular weight is 355 g/mol. The number of halogens is 1. The van der Waals surface area contributed by atoms with Crippen molar-refractivity contribution in [2.45, 2.75) is 18.7 Å². The molecule has 0 unspecified atom stereocenters. The van der Waals surface area contributed by atoms with Crippen LogP contribution in [0.3, 0.4) is 0 Å². The summed E-state index contributed by atoms with van der Waals surface area (Å²) in [6.07, 6.45) is 0. The highest BCUT2D eigenvalue weighted by molar-refractivity contribution is 9.10. The lowest BCUT2D eigenvalue weighted by atomic mass is 10.2. The minimum atomic E-state index is -3.70. The van der Waals surface area contributed by atoms with Crippen LogP contribution in [0, 0.1) is 13.8 Å². The number of nitrogens with two attached hydrogens (primary N) is 1. The molecule has 3 N–H and O–H groups in total. The van der Waals surface area contributed by atoms with E-state index in [1.807, 2.05) is 19.9 Å². The lowest BCUT2D eigenvalue weighted by molar-refractivity contribution is 0.601. The molecule has 6 heteroatoms. The van der Waals surface area contributed by atoms with E-state index >= 15 is 0 Å². The van der Waals surface area contributed by atoms with E-state index in [2.05, 4.69) is 20.7 Å². The molecule has 0 aromatic heterocycles. The Balaban J connectivity index is 2.44. The van der Waals surface area contributed by atoms with Gasteiger partial charge in [0.15, 0.2) is 0 Å². The minimum absolute atomic E-state index is 0.0856. The minimum Gasteiger partial charge on any atom is -0.398 e. The summed E-state index contributed by atoms with van der Waals surface area (Å²) in [5.74, 6) is 0. The Labute approximate surface area is 127 Å². The molecule has 2 aromatic rings. The predicted molar refractivity (Wildman–Crippen MR) is 85.3 cm³/mol. The first-order chi connectivity index (χ1) is 9.31. The van der Waals surface area contributed by atoms with Crippen molar-refractivity contribution < 1.29 is 8.42 Å². The largest absolute Gasteiger partial charge is 0.398 e. The number of nitrogens with one attached hydrogen (secondary N) is 1. The average Bonchev–Trinajstić information content (AvgIpc) is 2.34. The van der Waals surface area contributed by atoms with E-state index in [4.69, 9.17) is 5.73 Å². The summed E-state index contributed by atoms with van der Waals surface area (Å²) in [6.45, 7) is 3.69. The van der Waals surface area contributed by atoms with Crippen molar-refractivity contribution in [3.8, 4) is 0 Å². The van der Waals surface area contributed by atoms with Crippen molar-refractivity contribution in [3.05, 3.63) is 52.0 Å². The predicted octanol–water partition coefficient (Wildman–Crippen LogP) is 3.45. The number of hydrogen-bond acceptors (Lipinski definition) is 3. The molecule has 2 aromatic carbocycles. The molecular weight excluding hydrogens is 340 g/mol. The second-order valence-corrected chi connectivity index (χ2v) is 7.06. The number of aryl methyl sites for hydroxylation is 1. The molecule has 0 amide bonds. The fraction of sp³-hybridized carbons (Fsp3) is 0.143. The van der Waals surface area contributed by atoms with Gasteiger partial charge in [0.25, 0.3) is 10.0 Å². The fourth-order valence-electron chi connectivity index (χ4n) is 1.83. The van der Waals surface area contributed by atoms with Crippen LogP contribution >= 0.6 is 15.9 Å². The van der Waals surface area contributed by atoms with Crippen LogP contribution in [0.4, 0.5) is 11.4 Å². The number of hydrogen-bond donors (Lipinski definition) is 2. The molecule has 20 heavy (non-hydrogen) atoms. The number of nitrogen functional groups attached to an aromatic ring is 1. The van der Waals surface area contributed by atoms with Gasteiger partial charge < -0.3 is 5.73 Å². The van der Waals surface area contributed by atoms with E-state index in [-0.39, 0.29) is 10.6 Å². The first-order valence-corrected chi connectivity index (χ1v) is 8.23. The summed E-state index contributed by atoms with van der Waals surface area (Å²) >= 11 is 3.37. The summed E-state index contributed by atoms with van der Waals surface area (Å²) in [5, 5.41) is 0. The highest BCUT2D eigenvalue weighted by Crippen LogP contribution is 2.27. The fourth-order valence-corrected chi connectivity index (χ4v) is 3.43. The van der Waals surface area contributed by atoms with Crippen LogP contribution in [-0.4, -0.2) is 8.42 Å². The van der Waals surface area contributed by atoms with Crippen LogP contribution < -0.4 is 10.5 Å². The molecule has 0 fully saturated rings. The molecule has 0 atom stereocenters. The molecule has 2 rings (SSSR count). The molecule has 0 saturated carbocycles. The van der Waals surface area contributed by atoms with Crippen molar-refractivity contribution in [2.24, 2.45) is 0 Å². The molecule has 106 valence electrons. The van der Waals surface area contributed by atoms with Gasteiger partial charge in [-0.2, -0.15) is 0 Å². The van der Waals surface area contributed by atoms with Crippen molar-refractivity contribution in [2.75, 3.05) is 10.5 Å². The number of rotatable bonds is 3. The Morgan fingerprint density at radius 3 is 2.50 bits per heavy atom. The lowest BCUT2D eigenvalue weighted by Crippen LogP contribution is -2.15. The second-order valence-electron chi connectivity index (χ2n) is 4.56. The third-order valence-electron chi connectivity index (χ3n) is 2.97. The van der Waals surface area contributed by atoms with E-state index < -0.39 is 10.0 Å². The van der Waals surface area contributed by atoms with E-state index in [1.165, 1.54) is 6.07 Å². The smallest absolute Gasteiger partial charge is 0.263 e. The molecule has 0 aliphatic carbocycles. The summed E-state index contributed by atoms with van der Waals surface area (Å²) in [5.41, 5.74) is 8.31. The van der Waals surface area contributed by atoms with Crippen LogP contribution in [0.25, 0.3) is 0 Å². The van der Waals surface area contributed by atoms with Crippen LogP contribution in [0.5, 0.6) is 0 Å². The quantitative estimate of drug-likeness (QED) is 0.829. The normalized spacial score (nSPS) is 11.3. The number of sulfonamides is 1. The maximum Gasteiger partial charge on any atom is 0.263 e.